The third kappa shape index (κ3) is 4.19. The van der Waals surface area contributed by atoms with E-state index in [-0.39, 0.29) is 12.5 Å². The molecule has 166 valence electrons. The zero-order valence-corrected chi connectivity index (χ0v) is 18.6. The van der Waals surface area contributed by atoms with E-state index in [1.165, 1.54) is 15.9 Å². The molecule has 5 rings (SSSR count). The largest absolute Gasteiger partial charge is 0.420 e. The van der Waals surface area contributed by atoms with Crippen LogP contribution in [0.25, 0.3) is 21.3 Å². The van der Waals surface area contributed by atoms with E-state index < -0.39 is 5.76 Å². The molecular weight excluding hydrogens is 428 g/mol. The van der Waals surface area contributed by atoms with Crippen LogP contribution in [0, 0.1) is 6.92 Å². The number of hydrogen-bond donors (Lipinski definition) is 0. The number of anilines is 1. The monoisotopic (exact) mass is 452 g/mol. The standard InChI is InChI=1S/C23H24N4O4S/c1-16-6-7-17-20(14-16)32-22(24-17)26(9-8-25-10-12-30-13-11-25)21(28)15-27-18-4-2-3-5-19(18)31-23(27)29/h2-7,14H,8-13,15H2,1H3. The van der Waals surface area contributed by atoms with Crippen molar-refractivity contribution in [2.24, 2.45) is 0 Å². The lowest BCUT2D eigenvalue weighted by Gasteiger charge is -2.29. The van der Waals surface area contributed by atoms with Crippen molar-refractivity contribution in [1.29, 1.82) is 0 Å². The summed E-state index contributed by atoms with van der Waals surface area (Å²) < 4.78 is 13.2. The van der Waals surface area contributed by atoms with Crippen LogP contribution in [-0.4, -0.2) is 59.8 Å². The molecule has 2 aromatic heterocycles. The molecule has 0 radical (unpaired) electrons. The quantitative estimate of drug-likeness (QED) is 0.448. The summed E-state index contributed by atoms with van der Waals surface area (Å²) in [6, 6.07) is 13.2. The van der Waals surface area contributed by atoms with Crippen molar-refractivity contribution in [3.63, 3.8) is 0 Å². The first-order chi connectivity index (χ1) is 15.6. The Labute approximate surface area is 188 Å². The van der Waals surface area contributed by atoms with Gasteiger partial charge in [-0.2, -0.15) is 0 Å². The average molecular weight is 453 g/mol. The second kappa shape index (κ2) is 8.85. The number of carbonyl (C=O) groups is 1. The second-order valence-corrected chi connectivity index (χ2v) is 8.90. The van der Waals surface area contributed by atoms with Gasteiger partial charge in [-0.05, 0) is 36.8 Å². The molecule has 1 saturated heterocycles. The lowest BCUT2D eigenvalue weighted by Crippen LogP contribution is -2.44. The van der Waals surface area contributed by atoms with Gasteiger partial charge >= 0.3 is 5.76 Å². The number of carbonyl (C=O) groups excluding carboxylic acids is 1. The van der Waals surface area contributed by atoms with Gasteiger partial charge in [0.2, 0.25) is 5.91 Å². The van der Waals surface area contributed by atoms with Crippen molar-refractivity contribution in [3.05, 3.63) is 58.6 Å². The van der Waals surface area contributed by atoms with Crippen molar-refractivity contribution in [1.82, 2.24) is 14.5 Å². The average Bonchev–Trinajstić information content (AvgIpc) is 3.35. The van der Waals surface area contributed by atoms with Crippen LogP contribution in [0.4, 0.5) is 5.13 Å². The van der Waals surface area contributed by atoms with E-state index in [2.05, 4.69) is 11.0 Å². The highest BCUT2D eigenvalue weighted by Crippen LogP contribution is 2.30. The Morgan fingerprint density at radius 2 is 2.00 bits per heavy atom. The van der Waals surface area contributed by atoms with Crippen LogP contribution in [0.5, 0.6) is 0 Å². The number of aromatic nitrogens is 2. The first-order valence-corrected chi connectivity index (χ1v) is 11.5. The topological polar surface area (TPSA) is 80.8 Å². The fourth-order valence-electron chi connectivity index (χ4n) is 3.91. The first-order valence-electron chi connectivity index (χ1n) is 10.6. The van der Waals surface area contributed by atoms with Gasteiger partial charge in [-0.3, -0.25) is 19.2 Å². The number of morpholine rings is 1. The Balaban J connectivity index is 1.45. The van der Waals surface area contributed by atoms with E-state index in [9.17, 15) is 9.59 Å². The number of para-hydroxylation sites is 2. The summed E-state index contributed by atoms with van der Waals surface area (Å²) in [4.78, 5) is 34.6. The summed E-state index contributed by atoms with van der Waals surface area (Å²) >= 11 is 1.49. The Kier molecular flexibility index (Phi) is 5.77. The predicted octanol–water partition coefficient (Wildman–Crippen LogP) is 2.88. The van der Waals surface area contributed by atoms with Crippen molar-refractivity contribution in [2.45, 2.75) is 13.5 Å². The highest BCUT2D eigenvalue weighted by molar-refractivity contribution is 7.22. The van der Waals surface area contributed by atoms with E-state index in [0.29, 0.717) is 42.5 Å². The summed E-state index contributed by atoms with van der Waals surface area (Å²) in [5.41, 5.74) is 3.10. The number of thiazole rings is 1. The number of hydrogen-bond acceptors (Lipinski definition) is 7. The van der Waals surface area contributed by atoms with Gasteiger partial charge in [-0.1, -0.05) is 29.5 Å². The van der Waals surface area contributed by atoms with Gasteiger partial charge in [0, 0.05) is 26.2 Å². The zero-order chi connectivity index (χ0) is 22.1. The van der Waals surface area contributed by atoms with Crippen LogP contribution in [0.1, 0.15) is 5.56 Å². The maximum atomic E-state index is 13.5. The summed E-state index contributed by atoms with van der Waals surface area (Å²) in [7, 11) is 0. The van der Waals surface area contributed by atoms with E-state index >= 15 is 0 Å². The molecule has 2 aromatic carbocycles. The van der Waals surface area contributed by atoms with Gasteiger partial charge in [0.15, 0.2) is 10.7 Å². The molecule has 1 amide bonds. The van der Waals surface area contributed by atoms with Gasteiger partial charge in [-0.25, -0.2) is 9.78 Å². The van der Waals surface area contributed by atoms with E-state index in [1.54, 1.807) is 23.1 Å². The molecule has 0 unspecified atom stereocenters. The number of benzene rings is 2. The van der Waals surface area contributed by atoms with E-state index in [1.807, 2.05) is 25.1 Å². The third-order valence-corrected chi connectivity index (χ3v) is 6.72. The Morgan fingerprint density at radius 1 is 1.19 bits per heavy atom. The maximum Gasteiger partial charge on any atom is 0.420 e. The molecule has 0 aliphatic carbocycles. The molecule has 0 atom stereocenters. The number of oxazole rings is 1. The van der Waals surface area contributed by atoms with Gasteiger partial charge < -0.3 is 9.15 Å². The Bertz CT molecular complexity index is 1320. The summed E-state index contributed by atoms with van der Waals surface area (Å²) in [6.07, 6.45) is 0. The number of ether oxygens (including phenoxy) is 1. The molecule has 1 fully saturated rings. The van der Waals surface area contributed by atoms with Crippen molar-refractivity contribution in [3.8, 4) is 0 Å². The van der Waals surface area contributed by atoms with E-state index in [0.717, 1.165) is 28.9 Å². The molecule has 8 nitrogen and oxygen atoms in total. The predicted molar refractivity (Wildman–Crippen MR) is 124 cm³/mol. The number of aryl methyl sites for hydroxylation is 1. The second-order valence-electron chi connectivity index (χ2n) is 7.89. The fourth-order valence-corrected chi connectivity index (χ4v) is 5.02. The van der Waals surface area contributed by atoms with Crippen LogP contribution < -0.4 is 10.7 Å². The van der Waals surface area contributed by atoms with Crippen LogP contribution in [0.2, 0.25) is 0 Å². The molecule has 1 aliphatic rings. The summed E-state index contributed by atoms with van der Waals surface area (Å²) in [5.74, 6) is -0.727. The van der Waals surface area contributed by atoms with Gasteiger partial charge in [0.1, 0.15) is 6.54 Å². The number of rotatable bonds is 6. The SMILES string of the molecule is Cc1ccc2nc(N(CCN3CCOCC3)C(=O)Cn3c(=O)oc4ccccc43)sc2c1. The minimum absolute atomic E-state index is 0.103. The molecule has 0 bridgehead atoms. The van der Waals surface area contributed by atoms with Crippen LogP contribution in [0.15, 0.2) is 51.7 Å². The number of amides is 1. The molecule has 0 spiro atoms. The summed E-state index contributed by atoms with van der Waals surface area (Å²) in [6.45, 7) is 6.22. The highest BCUT2D eigenvalue weighted by Gasteiger charge is 2.23. The molecule has 0 N–H and O–H groups in total. The lowest BCUT2D eigenvalue weighted by atomic mass is 10.2. The normalized spacial score (nSPS) is 14.9. The van der Waals surface area contributed by atoms with Crippen molar-refractivity contribution >= 4 is 43.7 Å². The first kappa shape index (κ1) is 20.9. The van der Waals surface area contributed by atoms with Gasteiger partial charge in [0.05, 0.1) is 28.9 Å². The molecule has 1 aliphatic heterocycles. The highest BCUT2D eigenvalue weighted by atomic mass is 32.1. The summed E-state index contributed by atoms with van der Waals surface area (Å²) in [5, 5.41) is 0.643. The zero-order valence-electron chi connectivity index (χ0n) is 17.8. The van der Waals surface area contributed by atoms with Gasteiger partial charge in [0.25, 0.3) is 0 Å². The number of fused-ring (bicyclic) bond motifs is 2. The van der Waals surface area contributed by atoms with Gasteiger partial charge in [-0.15, -0.1) is 0 Å². The Hall–Kier alpha value is -3.01. The number of nitrogens with zero attached hydrogens (tertiary/aromatic N) is 4. The smallest absolute Gasteiger partial charge is 0.408 e. The molecule has 4 aromatic rings. The molecule has 3 heterocycles. The minimum atomic E-state index is -0.535. The van der Waals surface area contributed by atoms with E-state index in [4.69, 9.17) is 14.1 Å². The minimum Gasteiger partial charge on any atom is -0.408 e. The molecule has 32 heavy (non-hydrogen) atoms. The Morgan fingerprint density at radius 3 is 2.84 bits per heavy atom. The molecule has 0 saturated carbocycles. The van der Waals surface area contributed by atoms with Crippen LogP contribution in [0.3, 0.4) is 0 Å². The maximum absolute atomic E-state index is 13.5. The molecular formula is C23H24N4O4S. The van der Waals surface area contributed by atoms with Crippen molar-refractivity contribution < 1.29 is 13.9 Å². The molecule has 9 heteroatoms. The third-order valence-electron chi connectivity index (χ3n) is 5.68. The fraction of sp³-hybridized carbons (Fsp3) is 0.348. The van der Waals surface area contributed by atoms with Crippen LogP contribution >= 0.6 is 11.3 Å². The van der Waals surface area contributed by atoms with Crippen LogP contribution in [-0.2, 0) is 16.1 Å². The van der Waals surface area contributed by atoms with Crippen molar-refractivity contribution in [2.75, 3.05) is 44.3 Å². The lowest BCUT2D eigenvalue weighted by molar-refractivity contribution is -0.119.